The first kappa shape index (κ1) is 14.7. The summed E-state index contributed by atoms with van der Waals surface area (Å²) in [6.07, 6.45) is 3.91. The Morgan fingerprint density at radius 1 is 1.30 bits per heavy atom. The van der Waals surface area contributed by atoms with Gasteiger partial charge in [-0.1, -0.05) is 6.92 Å². The molecule has 6 heteroatoms. The third-order valence-corrected chi connectivity index (χ3v) is 4.19. The molecular weight excluding hydrogens is 272 g/mol. The minimum atomic E-state index is 0.627. The molecule has 108 valence electrons. The SMILES string of the molecule is CCc1cnc(CCNc2nc(C)nc(OC)c2C)s1. The zero-order valence-electron chi connectivity index (χ0n) is 12.4. The smallest absolute Gasteiger partial charge is 0.221 e. The molecule has 0 spiro atoms. The second kappa shape index (κ2) is 6.65. The van der Waals surface area contributed by atoms with E-state index in [1.165, 1.54) is 4.88 Å². The van der Waals surface area contributed by atoms with Gasteiger partial charge in [0, 0.05) is 24.0 Å². The number of aryl methyl sites for hydroxylation is 2. The van der Waals surface area contributed by atoms with Crippen molar-refractivity contribution in [1.82, 2.24) is 15.0 Å². The first-order valence-corrected chi connectivity index (χ1v) is 7.52. The highest BCUT2D eigenvalue weighted by Gasteiger charge is 2.09. The van der Waals surface area contributed by atoms with Gasteiger partial charge in [0.1, 0.15) is 11.6 Å². The Kier molecular flexibility index (Phi) is 4.89. The fourth-order valence-electron chi connectivity index (χ4n) is 1.89. The number of anilines is 1. The topological polar surface area (TPSA) is 59.9 Å². The zero-order valence-corrected chi connectivity index (χ0v) is 13.2. The summed E-state index contributed by atoms with van der Waals surface area (Å²) in [5.41, 5.74) is 0.937. The number of thiazole rings is 1. The van der Waals surface area contributed by atoms with Crippen molar-refractivity contribution in [3.63, 3.8) is 0 Å². The van der Waals surface area contributed by atoms with Crippen LogP contribution in [0.3, 0.4) is 0 Å². The van der Waals surface area contributed by atoms with Crippen molar-refractivity contribution in [2.45, 2.75) is 33.6 Å². The Balaban J connectivity index is 1.98. The highest BCUT2D eigenvalue weighted by Crippen LogP contribution is 2.21. The van der Waals surface area contributed by atoms with E-state index in [1.54, 1.807) is 18.4 Å². The zero-order chi connectivity index (χ0) is 14.5. The van der Waals surface area contributed by atoms with Gasteiger partial charge in [0.15, 0.2) is 0 Å². The van der Waals surface area contributed by atoms with Gasteiger partial charge < -0.3 is 10.1 Å². The van der Waals surface area contributed by atoms with E-state index in [1.807, 2.05) is 20.0 Å². The fourth-order valence-corrected chi connectivity index (χ4v) is 2.75. The minimum Gasteiger partial charge on any atom is -0.481 e. The van der Waals surface area contributed by atoms with E-state index in [0.29, 0.717) is 11.7 Å². The van der Waals surface area contributed by atoms with Crippen LogP contribution < -0.4 is 10.1 Å². The third kappa shape index (κ3) is 3.45. The lowest BCUT2D eigenvalue weighted by molar-refractivity contribution is 0.392. The summed E-state index contributed by atoms with van der Waals surface area (Å²) >= 11 is 1.77. The molecular formula is C14H20N4OS. The molecule has 2 aromatic rings. The third-order valence-electron chi connectivity index (χ3n) is 2.99. The van der Waals surface area contributed by atoms with Crippen LogP contribution in [-0.2, 0) is 12.8 Å². The maximum absolute atomic E-state index is 5.25. The second-order valence-corrected chi connectivity index (χ2v) is 5.70. The quantitative estimate of drug-likeness (QED) is 0.887. The summed E-state index contributed by atoms with van der Waals surface area (Å²) in [7, 11) is 1.63. The summed E-state index contributed by atoms with van der Waals surface area (Å²) in [6, 6.07) is 0. The van der Waals surface area contributed by atoms with Crippen LogP contribution in [0.4, 0.5) is 5.82 Å². The molecule has 0 fully saturated rings. The predicted molar refractivity (Wildman–Crippen MR) is 81.7 cm³/mol. The van der Waals surface area contributed by atoms with Gasteiger partial charge in [0.25, 0.3) is 0 Å². The molecule has 0 atom stereocenters. The van der Waals surface area contributed by atoms with Gasteiger partial charge in [0.05, 0.1) is 17.7 Å². The van der Waals surface area contributed by atoms with Gasteiger partial charge in [0.2, 0.25) is 5.88 Å². The Bertz CT molecular complexity index is 583. The second-order valence-electron chi connectivity index (χ2n) is 4.50. The molecule has 20 heavy (non-hydrogen) atoms. The summed E-state index contributed by atoms with van der Waals surface area (Å²) in [4.78, 5) is 14.4. The van der Waals surface area contributed by atoms with Crippen molar-refractivity contribution < 1.29 is 4.74 Å². The van der Waals surface area contributed by atoms with Gasteiger partial charge in [-0.25, -0.2) is 9.97 Å². The molecule has 1 N–H and O–H groups in total. The molecule has 0 aromatic carbocycles. The van der Waals surface area contributed by atoms with E-state index in [4.69, 9.17) is 4.74 Å². The van der Waals surface area contributed by atoms with E-state index >= 15 is 0 Å². The van der Waals surface area contributed by atoms with Gasteiger partial charge in [-0.3, -0.25) is 0 Å². The summed E-state index contributed by atoms with van der Waals surface area (Å²) in [6.45, 7) is 6.77. The Morgan fingerprint density at radius 3 is 2.75 bits per heavy atom. The van der Waals surface area contributed by atoms with Crippen molar-refractivity contribution in [2.24, 2.45) is 0 Å². The summed E-state index contributed by atoms with van der Waals surface area (Å²) in [5, 5.41) is 4.50. The standard InChI is InChI=1S/C14H20N4OS/c1-5-11-8-16-12(20-11)6-7-15-13-9(2)14(19-4)18-10(3)17-13/h8H,5-7H2,1-4H3,(H,15,17,18). The molecule has 0 amide bonds. The maximum Gasteiger partial charge on any atom is 0.221 e. The van der Waals surface area contributed by atoms with Crippen LogP contribution in [0.25, 0.3) is 0 Å². The number of hydrogen-bond donors (Lipinski definition) is 1. The normalized spacial score (nSPS) is 10.6. The number of aromatic nitrogens is 3. The average molecular weight is 292 g/mol. The minimum absolute atomic E-state index is 0.627. The van der Waals surface area contributed by atoms with Crippen molar-refractivity contribution in [2.75, 3.05) is 19.0 Å². The van der Waals surface area contributed by atoms with Crippen molar-refractivity contribution in [3.8, 4) is 5.88 Å². The van der Waals surface area contributed by atoms with Gasteiger partial charge in [-0.2, -0.15) is 4.98 Å². The average Bonchev–Trinajstić information content (AvgIpc) is 2.90. The van der Waals surface area contributed by atoms with Crippen molar-refractivity contribution in [3.05, 3.63) is 27.5 Å². The lowest BCUT2D eigenvalue weighted by atomic mass is 10.3. The number of methoxy groups -OCH3 is 1. The molecule has 0 bridgehead atoms. The van der Waals surface area contributed by atoms with Crippen LogP contribution >= 0.6 is 11.3 Å². The van der Waals surface area contributed by atoms with E-state index in [-0.39, 0.29) is 0 Å². The fraction of sp³-hybridized carbons (Fsp3) is 0.500. The summed E-state index contributed by atoms with van der Waals surface area (Å²) in [5.74, 6) is 2.17. The van der Waals surface area contributed by atoms with Gasteiger partial charge in [-0.15, -0.1) is 11.3 Å². The molecule has 0 unspecified atom stereocenters. The predicted octanol–water partition coefficient (Wildman–Crippen LogP) is 2.78. The van der Waals surface area contributed by atoms with Crippen molar-refractivity contribution >= 4 is 17.2 Å². The Morgan fingerprint density at radius 2 is 2.10 bits per heavy atom. The molecule has 2 aromatic heterocycles. The van der Waals surface area contributed by atoms with Crippen LogP contribution in [-0.4, -0.2) is 28.6 Å². The van der Waals surface area contributed by atoms with Crippen LogP contribution in [0.5, 0.6) is 5.88 Å². The number of ether oxygens (including phenoxy) is 1. The van der Waals surface area contributed by atoms with Gasteiger partial charge in [-0.05, 0) is 20.3 Å². The first-order chi connectivity index (χ1) is 9.63. The van der Waals surface area contributed by atoms with E-state index in [0.717, 1.165) is 35.8 Å². The van der Waals surface area contributed by atoms with Crippen LogP contribution in [0.1, 0.15) is 28.2 Å². The number of nitrogens with zero attached hydrogens (tertiary/aromatic N) is 3. The summed E-state index contributed by atoms with van der Waals surface area (Å²) < 4.78 is 5.25. The van der Waals surface area contributed by atoms with Crippen LogP contribution in [0, 0.1) is 13.8 Å². The highest BCUT2D eigenvalue weighted by molar-refractivity contribution is 7.11. The molecule has 0 saturated carbocycles. The largest absolute Gasteiger partial charge is 0.481 e. The van der Waals surface area contributed by atoms with E-state index in [2.05, 4.69) is 27.2 Å². The molecule has 2 rings (SSSR count). The Hall–Kier alpha value is -1.69. The van der Waals surface area contributed by atoms with E-state index in [9.17, 15) is 0 Å². The van der Waals surface area contributed by atoms with Gasteiger partial charge >= 0.3 is 0 Å². The van der Waals surface area contributed by atoms with Crippen LogP contribution in [0.2, 0.25) is 0 Å². The number of nitrogens with one attached hydrogen (secondary N) is 1. The number of rotatable bonds is 6. The molecule has 0 saturated heterocycles. The van der Waals surface area contributed by atoms with Crippen LogP contribution in [0.15, 0.2) is 6.20 Å². The lowest BCUT2D eigenvalue weighted by Crippen LogP contribution is -2.10. The highest BCUT2D eigenvalue weighted by atomic mass is 32.1. The lowest BCUT2D eigenvalue weighted by Gasteiger charge is -2.11. The molecule has 5 nitrogen and oxygen atoms in total. The molecule has 2 heterocycles. The molecule has 0 aliphatic rings. The Labute approximate surface area is 123 Å². The monoisotopic (exact) mass is 292 g/mol. The molecule has 0 aliphatic carbocycles. The number of hydrogen-bond acceptors (Lipinski definition) is 6. The molecule has 0 radical (unpaired) electrons. The van der Waals surface area contributed by atoms with E-state index < -0.39 is 0 Å². The molecule has 0 aliphatic heterocycles. The van der Waals surface area contributed by atoms with Crippen molar-refractivity contribution in [1.29, 1.82) is 0 Å². The first-order valence-electron chi connectivity index (χ1n) is 6.70. The maximum atomic E-state index is 5.25.